The molecule has 1 saturated heterocycles. The van der Waals surface area contributed by atoms with E-state index in [2.05, 4.69) is 19.1 Å². The molecule has 0 unspecified atom stereocenters. The molecule has 2 aromatic rings. The molecule has 3 rings (SSSR count). The van der Waals surface area contributed by atoms with Gasteiger partial charge in [-0.05, 0) is 38.0 Å². The first-order chi connectivity index (χ1) is 15.4. The van der Waals surface area contributed by atoms with Crippen molar-refractivity contribution in [3.05, 3.63) is 59.7 Å². The van der Waals surface area contributed by atoms with Crippen LogP contribution in [0.25, 0.3) is 0 Å². The van der Waals surface area contributed by atoms with Gasteiger partial charge < -0.3 is 14.2 Å². The first kappa shape index (κ1) is 24.0. The quantitative estimate of drug-likeness (QED) is 0.351. The second-order valence-electron chi connectivity index (χ2n) is 9.02. The molecule has 0 N–H and O–H groups in total. The lowest BCUT2D eigenvalue weighted by molar-refractivity contribution is 0.0668. The molecule has 2 aromatic carbocycles. The molecule has 0 saturated carbocycles. The summed E-state index contributed by atoms with van der Waals surface area (Å²) in [5, 5.41) is 0. The van der Waals surface area contributed by atoms with Gasteiger partial charge in [0, 0.05) is 11.6 Å². The SMILES string of the molecule is CCCCCCC[C@H](c1ccc(OC)cc1OC)N1C(=O)OC(C)(C)[C@H]1c1ccccc1. The molecule has 2 atom stereocenters. The lowest BCUT2D eigenvalue weighted by Gasteiger charge is -2.35. The van der Waals surface area contributed by atoms with Gasteiger partial charge in [0.1, 0.15) is 23.1 Å². The summed E-state index contributed by atoms with van der Waals surface area (Å²) in [5.74, 6) is 1.46. The van der Waals surface area contributed by atoms with Crippen LogP contribution < -0.4 is 9.47 Å². The van der Waals surface area contributed by atoms with E-state index >= 15 is 0 Å². The highest BCUT2D eigenvalue weighted by Crippen LogP contribution is 2.48. The van der Waals surface area contributed by atoms with E-state index in [1.807, 2.05) is 55.1 Å². The van der Waals surface area contributed by atoms with Crippen LogP contribution in [0, 0.1) is 0 Å². The molecule has 5 heteroatoms. The Morgan fingerprint density at radius 1 is 1.00 bits per heavy atom. The molecule has 0 spiro atoms. The van der Waals surface area contributed by atoms with E-state index in [9.17, 15) is 4.79 Å². The summed E-state index contributed by atoms with van der Waals surface area (Å²) in [6, 6.07) is 15.7. The zero-order chi connectivity index (χ0) is 23.1. The van der Waals surface area contributed by atoms with Crippen molar-refractivity contribution in [2.24, 2.45) is 0 Å². The Kier molecular flexibility index (Phi) is 8.05. The second-order valence-corrected chi connectivity index (χ2v) is 9.02. The number of unbranched alkanes of at least 4 members (excludes halogenated alkanes) is 4. The summed E-state index contributed by atoms with van der Waals surface area (Å²) >= 11 is 0. The van der Waals surface area contributed by atoms with Crippen LogP contribution in [-0.4, -0.2) is 30.8 Å². The molecule has 0 aromatic heterocycles. The summed E-state index contributed by atoms with van der Waals surface area (Å²) in [7, 11) is 3.31. The fraction of sp³-hybridized carbons (Fsp3) is 0.519. The Hall–Kier alpha value is -2.69. The van der Waals surface area contributed by atoms with Gasteiger partial charge in [0.15, 0.2) is 0 Å². The molecule has 1 fully saturated rings. The largest absolute Gasteiger partial charge is 0.497 e. The van der Waals surface area contributed by atoms with Gasteiger partial charge in [-0.1, -0.05) is 69.4 Å². The summed E-state index contributed by atoms with van der Waals surface area (Å²) < 4.78 is 17.1. The minimum Gasteiger partial charge on any atom is -0.497 e. The maximum Gasteiger partial charge on any atom is 0.411 e. The molecular weight excluding hydrogens is 402 g/mol. The summed E-state index contributed by atoms with van der Waals surface area (Å²) in [4.78, 5) is 15.2. The molecule has 1 heterocycles. The number of carbonyl (C=O) groups is 1. The highest BCUT2D eigenvalue weighted by atomic mass is 16.6. The topological polar surface area (TPSA) is 48.0 Å². The number of amides is 1. The molecule has 1 amide bonds. The van der Waals surface area contributed by atoms with Gasteiger partial charge in [0.25, 0.3) is 0 Å². The predicted molar refractivity (Wildman–Crippen MR) is 127 cm³/mol. The van der Waals surface area contributed by atoms with E-state index in [-0.39, 0.29) is 18.2 Å². The Morgan fingerprint density at radius 2 is 1.72 bits per heavy atom. The summed E-state index contributed by atoms with van der Waals surface area (Å²) in [5.41, 5.74) is 1.42. The van der Waals surface area contributed by atoms with Crippen LogP contribution in [-0.2, 0) is 4.74 Å². The van der Waals surface area contributed by atoms with Crippen LogP contribution >= 0.6 is 0 Å². The predicted octanol–water partition coefficient (Wildman–Crippen LogP) is 7.08. The van der Waals surface area contributed by atoms with E-state index in [1.54, 1.807) is 14.2 Å². The Labute approximate surface area is 192 Å². The van der Waals surface area contributed by atoms with Crippen molar-refractivity contribution < 1.29 is 19.0 Å². The average molecular weight is 440 g/mol. The number of carbonyl (C=O) groups excluding carboxylic acids is 1. The zero-order valence-corrected chi connectivity index (χ0v) is 20.1. The van der Waals surface area contributed by atoms with Crippen LogP contribution in [0.15, 0.2) is 48.5 Å². The van der Waals surface area contributed by atoms with Crippen molar-refractivity contribution >= 4 is 6.09 Å². The van der Waals surface area contributed by atoms with E-state index in [4.69, 9.17) is 14.2 Å². The van der Waals surface area contributed by atoms with Gasteiger partial charge in [-0.2, -0.15) is 0 Å². The van der Waals surface area contributed by atoms with Gasteiger partial charge in [-0.3, -0.25) is 4.90 Å². The van der Waals surface area contributed by atoms with Crippen molar-refractivity contribution in [1.29, 1.82) is 0 Å². The molecule has 0 bridgehead atoms. The number of nitrogens with zero attached hydrogens (tertiary/aromatic N) is 1. The van der Waals surface area contributed by atoms with Gasteiger partial charge in [-0.25, -0.2) is 4.79 Å². The van der Waals surface area contributed by atoms with Crippen molar-refractivity contribution in [2.75, 3.05) is 14.2 Å². The van der Waals surface area contributed by atoms with Gasteiger partial charge >= 0.3 is 6.09 Å². The molecule has 5 nitrogen and oxygen atoms in total. The number of benzene rings is 2. The van der Waals surface area contributed by atoms with Gasteiger partial charge in [-0.15, -0.1) is 0 Å². The zero-order valence-electron chi connectivity index (χ0n) is 20.1. The number of hydrogen-bond acceptors (Lipinski definition) is 4. The lowest BCUT2D eigenvalue weighted by atomic mass is 9.88. The number of rotatable bonds is 11. The standard InChI is InChI=1S/C27H37NO4/c1-6-7-8-9-13-16-23(22-18-17-21(30-4)19-24(22)31-5)28-25(20-14-11-10-12-15-20)27(2,3)32-26(28)29/h10-12,14-15,17-19,23,25H,6-9,13,16H2,1-5H3/t23-,25-/m1/s1. The molecule has 0 aliphatic carbocycles. The number of hydrogen-bond donors (Lipinski definition) is 0. The first-order valence-corrected chi connectivity index (χ1v) is 11.7. The van der Waals surface area contributed by atoms with Crippen LogP contribution in [0.2, 0.25) is 0 Å². The molecular formula is C27H37NO4. The molecule has 0 radical (unpaired) electrons. The maximum absolute atomic E-state index is 13.3. The third-order valence-electron chi connectivity index (χ3n) is 6.33. The normalized spacial score (nSPS) is 18.3. The molecule has 174 valence electrons. The van der Waals surface area contributed by atoms with Crippen LogP contribution in [0.4, 0.5) is 4.79 Å². The number of ether oxygens (including phenoxy) is 3. The third kappa shape index (κ3) is 5.20. The van der Waals surface area contributed by atoms with Gasteiger partial charge in [0.05, 0.1) is 20.3 Å². The average Bonchev–Trinajstić information content (AvgIpc) is 3.04. The Balaban J connectivity index is 2.02. The van der Waals surface area contributed by atoms with Crippen LogP contribution in [0.3, 0.4) is 0 Å². The summed E-state index contributed by atoms with van der Waals surface area (Å²) in [6.07, 6.45) is 6.40. The lowest BCUT2D eigenvalue weighted by Crippen LogP contribution is -2.36. The first-order valence-electron chi connectivity index (χ1n) is 11.7. The van der Waals surface area contributed by atoms with Crippen LogP contribution in [0.1, 0.15) is 82.5 Å². The van der Waals surface area contributed by atoms with E-state index < -0.39 is 5.60 Å². The number of methoxy groups -OCH3 is 2. The third-order valence-corrected chi connectivity index (χ3v) is 6.33. The number of cyclic esters (lactones) is 1. The minimum absolute atomic E-state index is 0.156. The fourth-order valence-electron chi connectivity index (χ4n) is 4.76. The van der Waals surface area contributed by atoms with Gasteiger partial charge in [0.2, 0.25) is 0 Å². The van der Waals surface area contributed by atoms with Crippen molar-refractivity contribution in [3.8, 4) is 11.5 Å². The highest BCUT2D eigenvalue weighted by Gasteiger charge is 2.51. The molecule has 32 heavy (non-hydrogen) atoms. The van der Waals surface area contributed by atoms with E-state index in [0.29, 0.717) is 0 Å². The summed E-state index contributed by atoms with van der Waals surface area (Å²) in [6.45, 7) is 6.20. The second kappa shape index (κ2) is 10.8. The van der Waals surface area contributed by atoms with E-state index in [1.165, 1.54) is 19.3 Å². The Morgan fingerprint density at radius 3 is 2.38 bits per heavy atom. The van der Waals surface area contributed by atoms with Crippen molar-refractivity contribution in [1.82, 2.24) is 4.90 Å². The maximum atomic E-state index is 13.3. The monoisotopic (exact) mass is 439 g/mol. The minimum atomic E-state index is -0.640. The van der Waals surface area contributed by atoms with Crippen LogP contribution in [0.5, 0.6) is 11.5 Å². The Bertz CT molecular complexity index is 880. The van der Waals surface area contributed by atoms with E-state index in [0.717, 1.165) is 41.9 Å². The molecule has 1 aliphatic heterocycles. The smallest absolute Gasteiger partial charge is 0.411 e. The highest BCUT2D eigenvalue weighted by molar-refractivity contribution is 5.73. The van der Waals surface area contributed by atoms with Crippen molar-refractivity contribution in [3.63, 3.8) is 0 Å². The molecule has 1 aliphatic rings. The fourth-order valence-corrected chi connectivity index (χ4v) is 4.76. The van der Waals surface area contributed by atoms with Crippen molar-refractivity contribution in [2.45, 2.75) is 77.0 Å².